The standard InChI is InChI=1S/C13H22N2O3S/c16-12(17)11-1-5-15(6-2-11)13(18)14-9-10-3-7-19-8-4-10/h10-11H,1-9H2,(H,14,18)(H,16,17). The topological polar surface area (TPSA) is 69.6 Å². The van der Waals surface area contributed by atoms with Gasteiger partial charge in [-0.2, -0.15) is 11.8 Å². The maximum absolute atomic E-state index is 12.0. The van der Waals surface area contributed by atoms with E-state index in [4.69, 9.17) is 5.11 Å². The number of thioether (sulfide) groups is 1. The largest absolute Gasteiger partial charge is 0.481 e. The van der Waals surface area contributed by atoms with Crippen molar-refractivity contribution in [2.45, 2.75) is 25.7 Å². The molecule has 0 atom stereocenters. The molecule has 0 aliphatic carbocycles. The molecule has 2 amide bonds. The third-order valence-electron chi connectivity index (χ3n) is 4.01. The Hall–Kier alpha value is -0.910. The molecule has 0 spiro atoms. The number of carboxylic acid groups (broad SMARTS) is 1. The van der Waals surface area contributed by atoms with E-state index < -0.39 is 5.97 Å². The molecule has 0 aromatic carbocycles. The molecule has 2 aliphatic rings. The molecule has 0 aromatic rings. The van der Waals surface area contributed by atoms with Gasteiger partial charge in [0.05, 0.1) is 5.92 Å². The average Bonchev–Trinajstić information content (AvgIpc) is 2.46. The predicted molar refractivity (Wildman–Crippen MR) is 75.4 cm³/mol. The number of piperidine rings is 1. The van der Waals surface area contributed by atoms with Crippen molar-refractivity contribution in [1.82, 2.24) is 10.2 Å². The van der Waals surface area contributed by atoms with E-state index in [1.54, 1.807) is 4.90 Å². The molecule has 5 nitrogen and oxygen atoms in total. The lowest BCUT2D eigenvalue weighted by molar-refractivity contribution is -0.143. The summed E-state index contributed by atoms with van der Waals surface area (Å²) in [5, 5.41) is 11.9. The highest BCUT2D eigenvalue weighted by molar-refractivity contribution is 7.99. The van der Waals surface area contributed by atoms with Crippen LogP contribution in [0.3, 0.4) is 0 Å². The number of carboxylic acids is 1. The summed E-state index contributed by atoms with van der Waals surface area (Å²) in [6.45, 7) is 1.88. The molecule has 0 aromatic heterocycles. The molecule has 2 saturated heterocycles. The zero-order valence-corrected chi connectivity index (χ0v) is 12.0. The number of rotatable bonds is 3. The van der Waals surface area contributed by atoms with Crippen molar-refractivity contribution in [3.8, 4) is 0 Å². The SMILES string of the molecule is O=C(O)C1CCN(C(=O)NCC2CCSCC2)CC1. The third kappa shape index (κ3) is 4.30. The summed E-state index contributed by atoms with van der Waals surface area (Å²) in [4.78, 5) is 24.6. The summed E-state index contributed by atoms with van der Waals surface area (Å²) < 4.78 is 0. The lowest BCUT2D eigenvalue weighted by Gasteiger charge is -2.31. The van der Waals surface area contributed by atoms with Crippen molar-refractivity contribution in [1.29, 1.82) is 0 Å². The van der Waals surface area contributed by atoms with Gasteiger partial charge in [0.15, 0.2) is 0 Å². The molecule has 6 heteroatoms. The number of likely N-dealkylation sites (tertiary alicyclic amines) is 1. The number of carbonyl (C=O) groups is 2. The summed E-state index contributed by atoms with van der Waals surface area (Å²) in [7, 11) is 0. The molecule has 2 fully saturated rings. The van der Waals surface area contributed by atoms with Crippen molar-refractivity contribution in [2.75, 3.05) is 31.1 Å². The fourth-order valence-corrected chi connectivity index (χ4v) is 3.83. The van der Waals surface area contributed by atoms with E-state index in [-0.39, 0.29) is 11.9 Å². The second-order valence-electron chi connectivity index (χ2n) is 5.34. The van der Waals surface area contributed by atoms with Crippen LogP contribution in [0.25, 0.3) is 0 Å². The van der Waals surface area contributed by atoms with Gasteiger partial charge in [-0.15, -0.1) is 0 Å². The zero-order valence-electron chi connectivity index (χ0n) is 11.1. The summed E-state index contributed by atoms with van der Waals surface area (Å²) in [6.07, 6.45) is 3.52. The minimum absolute atomic E-state index is 0.0259. The fraction of sp³-hybridized carbons (Fsp3) is 0.846. The molecule has 108 valence electrons. The van der Waals surface area contributed by atoms with E-state index in [0.717, 1.165) is 6.54 Å². The molecule has 0 radical (unpaired) electrons. The number of carbonyl (C=O) groups excluding carboxylic acids is 1. The normalized spacial score (nSPS) is 22.2. The number of hydrogen-bond donors (Lipinski definition) is 2. The van der Waals surface area contributed by atoms with Crippen molar-refractivity contribution in [3.63, 3.8) is 0 Å². The summed E-state index contributed by atoms with van der Waals surface area (Å²) in [5.74, 6) is 2.00. The molecule has 2 aliphatic heterocycles. The van der Waals surface area contributed by atoms with Gasteiger partial charge < -0.3 is 15.3 Å². The van der Waals surface area contributed by atoms with Gasteiger partial charge in [-0.05, 0) is 43.1 Å². The monoisotopic (exact) mass is 286 g/mol. The molecule has 19 heavy (non-hydrogen) atoms. The van der Waals surface area contributed by atoms with E-state index in [0.29, 0.717) is 31.8 Å². The highest BCUT2D eigenvalue weighted by Gasteiger charge is 2.27. The third-order valence-corrected chi connectivity index (χ3v) is 5.06. The van der Waals surface area contributed by atoms with Crippen LogP contribution in [0.2, 0.25) is 0 Å². The van der Waals surface area contributed by atoms with E-state index in [2.05, 4.69) is 5.32 Å². The van der Waals surface area contributed by atoms with Gasteiger partial charge in [0, 0.05) is 19.6 Å². The summed E-state index contributed by atoms with van der Waals surface area (Å²) in [6, 6.07) is -0.0259. The minimum atomic E-state index is -0.736. The van der Waals surface area contributed by atoms with Gasteiger partial charge in [-0.25, -0.2) is 4.79 Å². The maximum Gasteiger partial charge on any atom is 0.317 e. The Morgan fingerprint density at radius 2 is 1.79 bits per heavy atom. The quantitative estimate of drug-likeness (QED) is 0.827. The Balaban J connectivity index is 1.67. The van der Waals surface area contributed by atoms with Gasteiger partial charge in [0.25, 0.3) is 0 Å². The first-order valence-corrected chi connectivity index (χ1v) is 8.15. The predicted octanol–water partition coefficient (Wildman–Crippen LogP) is 1.64. The highest BCUT2D eigenvalue weighted by Crippen LogP contribution is 2.22. The first-order valence-electron chi connectivity index (χ1n) is 7.00. The van der Waals surface area contributed by atoms with Gasteiger partial charge in [-0.3, -0.25) is 4.79 Å². The van der Waals surface area contributed by atoms with Crippen molar-refractivity contribution in [2.24, 2.45) is 11.8 Å². The van der Waals surface area contributed by atoms with Gasteiger partial charge >= 0.3 is 12.0 Å². The summed E-state index contributed by atoms with van der Waals surface area (Å²) in [5.41, 5.74) is 0. The number of aliphatic carboxylic acids is 1. The van der Waals surface area contributed by atoms with Crippen LogP contribution in [0.1, 0.15) is 25.7 Å². The van der Waals surface area contributed by atoms with Crippen LogP contribution in [0.5, 0.6) is 0 Å². The smallest absolute Gasteiger partial charge is 0.317 e. The first kappa shape index (κ1) is 14.5. The van der Waals surface area contributed by atoms with E-state index >= 15 is 0 Å². The summed E-state index contributed by atoms with van der Waals surface area (Å²) >= 11 is 1.99. The Morgan fingerprint density at radius 3 is 2.37 bits per heavy atom. The Labute approximate surface area is 118 Å². The second kappa shape index (κ2) is 7.03. The van der Waals surface area contributed by atoms with Crippen LogP contribution in [0.4, 0.5) is 4.79 Å². The number of urea groups is 1. The average molecular weight is 286 g/mol. The van der Waals surface area contributed by atoms with Crippen molar-refractivity contribution < 1.29 is 14.7 Å². The lowest BCUT2D eigenvalue weighted by Crippen LogP contribution is -2.46. The van der Waals surface area contributed by atoms with Crippen molar-refractivity contribution in [3.05, 3.63) is 0 Å². The molecular formula is C13H22N2O3S. The number of nitrogens with one attached hydrogen (secondary N) is 1. The van der Waals surface area contributed by atoms with Gasteiger partial charge in [0.2, 0.25) is 0 Å². The lowest BCUT2D eigenvalue weighted by atomic mass is 9.97. The van der Waals surface area contributed by atoms with E-state index in [1.807, 2.05) is 11.8 Å². The molecule has 0 saturated carbocycles. The Bertz CT molecular complexity index is 324. The van der Waals surface area contributed by atoms with Gasteiger partial charge in [-0.1, -0.05) is 0 Å². The second-order valence-corrected chi connectivity index (χ2v) is 6.57. The molecule has 2 heterocycles. The molecule has 2 N–H and O–H groups in total. The highest BCUT2D eigenvalue weighted by atomic mass is 32.2. The van der Waals surface area contributed by atoms with E-state index in [9.17, 15) is 9.59 Å². The van der Waals surface area contributed by atoms with Crippen LogP contribution < -0.4 is 5.32 Å². The fourth-order valence-electron chi connectivity index (χ4n) is 2.62. The first-order chi connectivity index (χ1) is 9.16. The Kier molecular flexibility index (Phi) is 5.36. The van der Waals surface area contributed by atoms with Crippen LogP contribution in [-0.2, 0) is 4.79 Å². The molecule has 0 bridgehead atoms. The van der Waals surface area contributed by atoms with Crippen LogP contribution >= 0.6 is 11.8 Å². The van der Waals surface area contributed by atoms with Crippen LogP contribution in [0.15, 0.2) is 0 Å². The number of hydrogen-bond acceptors (Lipinski definition) is 3. The number of nitrogens with zero attached hydrogens (tertiary/aromatic N) is 1. The number of amides is 2. The zero-order chi connectivity index (χ0) is 13.7. The van der Waals surface area contributed by atoms with Crippen LogP contribution in [-0.4, -0.2) is 53.1 Å². The minimum Gasteiger partial charge on any atom is -0.481 e. The molecule has 0 unspecified atom stereocenters. The maximum atomic E-state index is 12.0. The van der Waals surface area contributed by atoms with Crippen molar-refractivity contribution >= 4 is 23.8 Å². The van der Waals surface area contributed by atoms with Crippen LogP contribution in [0, 0.1) is 11.8 Å². The molecular weight excluding hydrogens is 264 g/mol. The van der Waals surface area contributed by atoms with Gasteiger partial charge in [0.1, 0.15) is 0 Å². The molecule has 2 rings (SSSR count). The van der Waals surface area contributed by atoms with E-state index in [1.165, 1.54) is 24.3 Å². The Morgan fingerprint density at radius 1 is 1.16 bits per heavy atom.